The lowest BCUT2D eigenvalue weighted by Gasteiger charge is -2.66. The first kappa shape index (κ1) is 23.4. The Bertz CT molecular complexity index is 1020. The highest BCUT2D eigenvalue weighted by atomic mass is 35.5. The number of methoxy groups -OCH3 is 1. The Kier molecular flexibility index (Phi) is 5.18. The van der Waals surface area contributed by atoms with E-state index in [1.807, 2.05) is 6.92 Å². The van der Waals surface area contributed by atoms with Crippen molar-refractivity contribution >= 4 is 17.6 Å². The maximum atomic E-state index is 13.0. The Balaban J connectivity index is 1.68. The van der Waals surface area contributed by atoms with Gasteiger partial charge < -0.3 is 29.9 Å². The summed E-state index contributed by atoms with van der Waals surface area (Å²) in [6.07, 6.45) is 2.18. The fraction of sp³-hybridized carbons (Fsp3) is 0.625. The van der Waals surface area contributed by atoms with Gasteiger partial charge in [-0.15, -0.1) is 0 Å². The lowest BCUT2D eigenvalue weighted by atomic mass is 9.43. The Morgan fingerprint density at radius 2 is 1.91 bits per heavy atom. The number of fused-ring (bicyclic) bond motifs is 3. The molecule has 1 unspecified atom stereocenters. The van der Waals surface area contributed by atoms with Gasteiger partial charge in [0.2, 0.25) is 0 Å². The normalized spacial score (nSPS) is 37.1. The Morgan fingerprint density at radius 1 is 1.25 bits per heavy atom. The van der Waals surface area contributed by atoms with Crippen molar-refractivity contribution < 1.29 is 34.7 Å². The van der Waals surface area contributed by atoms with Gasteiger partial charge >= 0.3 is 5.97 Å². The quantitative estimate of drug-likeness (QED) is 0.398. The number of phenolic OH excluding ortho intramolecular Hbond substituents is 1. The second-order valence-electron chi connectivity index (χ2n) is 10.6. The van der Waals surface area contributed by atoms with Crippen molar-refractivity contribution in [3.8, 4) is 11.5 Å². The zero-order valence-corrected chi connectivity index (χ0v) is 19.8. The molecule has 0 aliphatic heterocycles. The summed E-state index contributed by atoms with van der Waals surface area (Å²) < 4.78 is 10.8. The van der Waals surface area contributed by atoms with E-state index in [-0.39, 0.29) is 39.0 Å². The number of phenols is 1. The van der Waals surface area contributed by atoms with Crippen molar-refractivity contribution in [1.82, 2.24) is 0 Å². The molecule has 2 saturated carbocycles. The summed E-state index contributed by atoms with van der Waals surface area (Å²) in [7, 11) is 1.40. The number of carbonyl (C=O) groups is 1. The summed E-state index contributed by atoms with van der Waals surface area (Å²) in [5.41, 5.74) is -3.19. The zero-order chi connectivity index (χ0) is 23.9. The van der Waals surface area contributed by atoms with E-state index in [0.29, 0.717) is 24.8 Å². The number of rotatable bonds is 4. The minimum Gasteiger partial charge on any atom is -0.507 e. The molecule has 0 amide bonds. The predicted molar refractivity (Wildman–Crippen MR) is 118 cm³/mol. The number of aliphatic hydroxyl groups is 3. The molecule has 0 bridgehead atoms. The van der Waals surface area contributed by atoms with Gasteiger partial charge in [-0.25, -0.2) is 4.79 Å². The van der Waals surface area contributed by atoms with Crippen LogP contribution in [0.15, 0.2) is 17.7 Å². The summed E-state index contributed by atoms with van der Waals surface area (Å²) in [6, 6.07) is 1.24. The molecule has 2 fully saturated rings. The number of carbonyl (C=O) groups excluding carboxylic acids is 1. The minimum atomic E-state index is -1.62. The summed E-state index contributed by atoms with van der Waals surface area (Å²) >= 11 is 6.24. The molecule has 1 aromatic rings. The van der Waals surface area contributed by atoms with E-state index in [4.69, 9.17) is 21.1 Å². The molecule has 0 heterocycles. The fourth-order valence-electron chi connectivity index (χ4n) is 6.57. The topological polar surface area (TPSA) is 116 Å². The average molecular weight is 467 g/mol. The second kappa shape index (κ2) is 7.10. The molecule has 176 valence electrons. The first-order valence-corrected chi connectivity index (χ1v) is 11.2. The predicted octanol–water partition coefficient (Wildman–Crippen LogP) is 3.13. The van der Waals surface area contributed by atoms with Gasteiger partial charge in [-0.2, -0.15) is 0 Å². The number of benzene rings is 1. The van der Waals surface area contributed by atoms with Gasteiger partial charge in [0.05, 0.1) is 24.3 Å². The lowest BCUT2D eigenvalue weighted by molar-refractivity contribution is -0.264. The molecule has 1 aromatic carbocycles. The number of esters is 1. The molecule has 0 aromatic heterocycles. The third-order valence-electron chi connectivity index (χ3n) is 8.04. The van der Waals surface area contributed by atoms with Gasteiger partial charge in [0.25, 0.3) is 0 Å². The number of aliphatic hydroxyl groups excluding tert-OH is 1. The van der Waals surface area contributed by atoms with Crippen LogP contribution in [0.1, 0.15) is 56.0 Å². The van der Waals surface area contributed by atoms with Gasteiger partial charge in [-0.3, -0.25) is 0 Å². The van der Waals surface area contributed by atoms with Crippen molar-refractivity contribution in [2.24, 2.45) is 16.7 Å². The van der Waals surface area contributed by atoms with E-state index in [2.05, 4.69) is 13.8 Å². The van der Waals surface area contributed by atoms with Crippen LogP contribution in [-0.4, -0.2) is 57.4 Å². The summed E-state index contributed by atoms with van der Waals surface area (Å²) in [6.45, 7) is 7.14. The molecule has 3 aliphatic carbocycles. The van der Waals surface area contributed by atoms with Crippen LogP contribution >= 0.6 is 11.6 Å². The SMILES string of the molecule is COc1cc(O)c(C(=O)O[C@@H]2C[C@]3(C)C4CC(C)(C)C[C@@]4(O)C=C(CO)[C@]23O)c(C)c1Cl. The summed E-state index contributed by atoms with van der Waals surface area (Å²) in [4.78, 5) is 13.0. The molecular formula is C24H31ClO7. The minimum absolute atomic E-state index is 0.100. The molecule has 32 heavy (non-hydrogen) atoms. The third kappa shape index (κ3) is 2.94. The first-order valence-electron chi connectivity index (χ1n) is 10.8. The van der Waals surface area contributed by atoms with Crippen LogP contribution in [0.3, 0.4) is 0 Å². The van der Waals surface area contributed by atoms with E-state index in [9.17, 15) is 25.2 Å². The molecule has 0 radical (unpaired) electrons. The zero-order valence-electron chi connectivity index (χ0n) is 19.0. The van der Waals surface area contributed by atoms with Crippen LogP contribution in [0.4, 0.5) is 0 Å². The average Bonchev–Trinajstić information content (AvgIpc) is 2.96. The molecule has 0 spiro atoms. The van der Waals surface area contributed by atoms with Gasteiger partial charge in [-0.05, 0) is 48.8 Å². The summed E-state index contributed by atoms with van der Waals surface area (Å²) in [5, 5.41) is 43.8. The molecule has 7 nitrogen and oxygen atoms in total. The highest BCUT2D eigenvalue weighted by molar-refractivity contribution is 6.33. The van der Waals surface area contributed by atoms with E-state index < -0.39 is 35.3 Å². The van der Waals surface area contributed by atoms with Crippen molar-refractivity contribution in [2.45, 2.75) is 64.3 Å². The maximum Gasteiger partial charge on any atom is 0.342 e. The van der Waals surface area contributed by atoms with Crippen molar-refractivity contribution in [1.29, 1.82) is 0 Å². The van der Waals surface area contributed by atoms with Gasteiger partial charge in [0.1, 0.15) is 28.8 Å². The van der Waals surface area contributed by atoms with Crippen LogP contribution in [-0.2, 0) is 4.74 Å². The van der Waals surface area contributed by atoms with E-state index in [0.717, 1.165) is 0 Å². The Morgan fingerprint density at radius 3 is 2.50 bits per heavy atom. The second-order valence-corrected chi connectivity index (χ2v) is 11.0. The van der Waals surface area contributed by atoms with Crippen LogP contribution in [0.2, 0.25) is 5.02 Å². The largest absolute Gasteiger partial charge is 0.507 e. The van der Waals surface area contributed by atoms with Crippen molar-refractivity contribution in [3.05, 3.63) is 33.9 Å². The van der Waals surface area contributed by atoms with Crippen LogP contribution in [0.5, 0.6) is 11.5 Å². The number of halogens is 1. The van der Waals surface area contributed by atoms with Gasteiger partial charge in [-0.1, -0.05) is 32.4 Å². The first-order chi connectivity index (χ1) is 14.7. The fourth-order valence-corrected chi connectivity index (χ4v) is 6.80. The van der Waals surface area contributed by atoms with E-state index >= 15 is 0 Å². The molecule has 3 aliphatic rings. The number of hydrogen-bond acceptors (Lipinski definition) is 7. The Hall–Kier alpha value is -1.80. The van der Waals surface area contributed by atoms with Crippen molar-refractivity contribution in [2.75, 3.05) is 13.7 Å². The molecule has 8 heteroatoms. The highest BCUT2D eigenvalue weighted by Crippen LogP contribution is 2.69. The van der Waals surface area contributed by atoms with Crippen LogP contribution < -0.4 is 4.74 Å². The molecule has 4 rings (SSSR count). The van der Waals surface area contributed by atoms with Gasteiger partial charge in [0, 0.05) is 17.4 Å². The molecule has 5 atom stereocenters. The van der Waals surface area contributed by atoms with E-state index in [1.54, 1.807) is 13.0 Å². The monoisotopic (exact) mass is 466 g/mol. The number of ether oxygens (including phenoxy) is 2. The highest BCUT2D eigenvalue weighted by Gasteiger charge is 2.75. The van der Waals surface area contributed by atoms with Crippen molar-refractivity contribution in [3.63, 3.8) is 0 Å². The molecular weight excluding hydrogens is 436 g/mol. The Labute approximate surface area is 192 Å². The molecule has 0 saturated heterocycles. The third-order valence-corrected chi connectivity index (χ3v) is 8.51. The maximum absolute atomic E-state index is 13.0. The van der Waals surface area contributed by atoms with Crippen LogP contribution in [0.25, 0.3) is 0 Å². The smallest absolute Gasteiger partial charge is 0.342 e. The lowest BCUT2D eigenvalue weighted by Crippen LogP contribution is -2.75. The standard InChI is InChI=1S/C24H31ClO7/c1-12-18(14(27)6-15(31-5)19(12)25)20(28)32-17-9-22(4)16-8-21(2,3)11-23(16,29)7-13(10-26)24(17,22)30/h6-7,16-17,26-27,29-30H,8-11H2,1-5H3/t16?,17-,22-,23+,24+/m1/s1. The number of aromatic hydroxyl groups is 1. The summed E-state index contributed by atoms with van der Waals surface area (Å²) in [5.74, 6) is -1.17. The van der Waals surface area contributed by atoms with Crippen LogP contribution in [0, 0.1) is 23.7 Å². The molecule has 4 N–H and O–H groups in total. The number of hydrogen-bond donors (Lipinski definition) is 4. The van der Waals surface area contributed by atoms with E-state index in [1.165, 1.54) is 13.2 Å². The van der Waals surface area contributed by atoms with Gasteiger partial charge in [0.15, 0.2) is 0 Å².